The fourth-order valence-corrected chi connectivity index (χ4v) is 2.05. The average molecular weight is 321 g/mol. The second kappa shape index (κ2) is 6.38. The molecule has 0 saturated heterocycles. The van der Waals surface area contributed by atoms with Crippen molar-refractivity contribution in [2.24, 2.45) is 0 Å². The van der Waals surface area contributed by atoms with E-state index >= 15 is 0 Å². The van der Waals surface area contributed by atoms with Crippen molar-refractivity contribution in [3.63, 3.8) is 0 Å². The Kier molecular flexibility index (Phi) is 4.58. The molecule has 0 unspecified atom stereocenters. The predicted octanol–water partition coefficient (Wildman–Crippen LogP) is 3.55. The largest absolute Gasteiger partial charge is 0.507 e. The number of carbonyl (C=O) groups is 1. The molecule has 0 spiro atoms. The van der Waals surface area contributed by atoms with Crippen LogP contribution >= 0.6 is 15.9 Å². The number of phenols is 1. The van der Waals surface area contributed by atoms with Gasteiger partial charge in [0.05, 0.1) is 16.6 Å². The number of ether oxygens (including phenoxy) is 1. The number of benzene rings is 2. The second-order valence-electron chi connectivity index (χ2n) is 4.04. The molecular formula is C15H13BrO3. The Morgan fingerprint density at radius 2 is 1.89 bits per heavy atom. The Balaban J connectivity index is 1.87. The van der Waals surface area contributed by atoms with Gasteiger partial charge in [-0.3, -0.25) is 0 Å². The van der Waals surface area contributed by atoms with Crippen LogP contribution in [0.15, 0.2) is 53.0 Å². The molecule has 19 heavy (non-hydrogen) atoms. The lowest BCUT2D eigenvalue weighted by Gasteiger charge is -2.06. The standard InChI is InChI=1S/C15H13BrO3/c16-13-10-11(6-7-14(13)17)8-9-19-15(18)12-4-2-1-3-5-12/h1-7,10,17H,8-9H2. The zero-order valence-corrected chi connectivity index (χ0v) is 11.8. The predicted molar refractivity (Wildman–Crippen MR) is 76.2 cm³/mol. The number of hydrogen-bond acceptors (Lipinski definition) is 3. The van der Waals surface area contributed by atoms with E-state index in [-0.39, 0.29) is 11.7 Å². The molecule has 2 aromatic carbocycles. The lowest BCUT2D eigenvalue weighted by atomic mass is 10.1. The quantitative estimate of drug-likeness (QED) is 0.876. The van der Waals surface area contributed by atoms with Crippen molar-refractivity contribution < 1.29 is 14.6 Å². The van der Waals surface area contributed by atoms with E-state index in [4.69, 9.17) is 4.74 Å². The first kappa shape index (κ1) is 13.6. The highest BCUT2D eigenvalue weighted by Crippen LogP contribution is 2.24. The lowest BCUT2D eigenvalue weighted by Crippen LogP contribution is -2.07. The molecule has 98 valence electrons. The van der Waals surface area contributed by atoms with Gasteiger partial charge in [0, 0.05) is 6.42 Å². The highest BCUT2D eigenvalue weighted by Gasteiger charge is 2.06. The second-order valence-corrected chi connectivity index (χ2v) is 4.89. The van der Waals surface area contributed by atoms with Crippen LogP contribution < -0.4 is 0 Å². The minimum Gasteiger partial charge on any atom is -0.507 e. The molecule has 1 N–H and O–H groups in total. The first-order valence-electron chi connectivity index (χ1n) is 5.86. The van der Waals surface area contributed by atoms with Gasteiger partial charge in [-0.1, -0.05) is 24.3 Å². The lowest BCUT2D eigenvalue weighted by molar-refractivity contribution is 0.0509. The van der Waals surface area contributed by atoms with Crippen molar-refractivity contribution in [2.75, 3.05) is 6.61 Å². The van der Waals surface area contributed by atoms with Crippen molar-refractivity contribution in [1.82, 2.24) is 0 Å². The molecule has 0 bridgehead atoms. The Labute approximate surface area is 120 Å². The Morgan fingerprint density at radius 1 is 1.16 bits per heavy atom. The number of rotatable bonds is 4. The van der Waals surface area contributed by atoms with E-state index in [1.165, 1.54) is 0 Å². The normalized spacial score (nSPS) is 10.2. The summed E-state index contributed by atoms with van der Waals surface area (Å²) in [5, 5.41) is 9.37. The number of halogens is 1. The molecule has 0 aromatic heterocycles. The SMILES string of the molecule is O=C(OCCc1ccc(O)c(Br)c1)c1ccccc1. The van der Waals surface area contributed by atoms with Crippen molar-refractivity contribution in [2.45, 2.75) is 6.42 Å². The van der Waals surface area contributed by atoms with Gasteiger partial charge in [-0.25, -0.2) is 4.79 Å². The number of esters is 1. The molecule has 2 rings (SSSR count). The third-order valence-electron chi connectivity index (χ3n) is 2.65. The highest BCUT2D eigenvalue weighted by atomic mass is 79.9. The number of carbonyl (C=O) groups excluding carboxylic acids is 1. The summed E-state index contributed by atoms with van der Waals surface area (Å²) in [6.07, 6.45) is 0.609. The molecule has 0 aliphatic carbocycles. The van der Waals surface area contributed by atoms with Crippen LogP contribution in [0.3, 0.4) is 0 Å². The van der Waals surface area contributed by atoms with Crippen LogP contribution in [-0.4, -0.2) is 17.7 Å². The van der Waals surface area contributed by atoms with E-state index in [0.29, 0.717) is 23.1 Å². The molecule has 0 heterocycles. The van der Waals surface area contributed by atoms with Crippen LogP contribution in [-0.2, 0) is 11.2 Å². The van der Waals surface area contributed by atoms with E-state index in [1.807, 2.05) is 12.1 Å². The average Bonchev–Trinajstić information content (AvgIpc) is 2.43. The zero-order chi connectivity index (χ0) is 13.7. The summed E-state index contributed by atoms with van der Waals surface area (Å²) >= 11 is 3.25. The van der Waals surface area contributed by atoms with Crippen LogP contribution in [0.5, 0.6) is 5.75 Å². The maximum atomic E-state index is 11.7. The van der Waals surface area contributed by atoms with E-state index in [2.05, 4.69) is 15.9 Å². The smallest absolute Gasteiger partial charge is 0.338 e. The highest BCUT2D eigenvalue weighted by molar-refractivity contribution is 9.10. The van der Waals surface area contributed by atoms with Crippen LogP contribution in [0, 0.1) is 0 Å². The van der Waals surface area contributed by atoms with Crippen LogP contribution in [0.2, 0.25) is 0 Å². The maximum absolute atomic E-state index is 11.7. The van der Waals surface area contributed by atoms with Crippen LogP contribution in [0.1, 0.15) is 15.9 Å². The van der Waals surface area contributed by atoms with E-state index < -0.39 is 0 Å². The Morgan fingerprint density at radius 3 is 2.58 bits per heavy atom. The number of phenolic OH excluding ortho intramolecular Hbond substituents is 1. The van der Waals surface area contributed by atoms with Gasteiger partial charge in [-0.05, 0) is 45.8 Å². The summed E-state index contributed by atoms with van der Waals surface area (Å²) in [4.78, 5) is 11.7. The molecule has 4 heteroatoms. The third-order valence-corrected chi connectivity index (χ3v) is 3.28. The summed E-state index contributed by atoms with van der Waals surface area (Å²) in [6.45, 7) is 0.310. The summed E-state index contributed by atoms with van der Waals surface area (Å²) in [7, 11) is 0. The maximum Gasteiger partial charge on any atom is 0.338 e. The summed E-state index contributed by atoms with van der Waals surface area (Å²) in [5.74, 6) is -0.122. The molecule has 0 amide bonds. The van der Waals surface area contributed by atoms with Crippen molar-refractivity contribution >= 4 is 21.9 Å². The minimum atomic E-state index is -0.321. The van der Waals surface area contributed by atoms with Crippen molar-refractivity contribution in [1.29, 1.82) is 0 Å². The fraction of sp³-hybridized carbons (Fsp3) is 0.133. The summed E-state index contributed by atoms with van der Waals surface area (Å²) in [5.41, 5.74) is 1.54. The van der Waals surface area contributed by atoms with Gasteiger partial charge < -0.3 is 9.84 Å². The van der Waals surface area contributed by atoms with Gasteiger partial charge >= 0.3 is 5.97 Å². The summed E-state index contributed by atoms with van der Waals surface area (Å²) in [6, 6.07) is 14.1. The van der Waals surface area contributed by atoms with E-state index in [9.17, 15) is 9.90 Å². The topological polar surface area (TPSA) is 46.5 Å². The number of aromatic hydroxyl groups is 1. The molecule has 0 saturated carbocycles. The minimum absolute atomic E-state index is 0.199. The van der Waals surface area contributed by atoms with Crippen LogP contribution in [0.4, 0.5) is 0 Å². The molecule has 0 aliphatic rings. The van der Waals surface area contributed by atoms with Gasteiger partial charge in [0.15, 0.2) is 0 Å². The van der Waals surface area contributed by atoms with Gasteiger partial charge in [-0.2, -0.15) is 0 Å². The molecule has 0 aliphatic heterocycles. The zero-order valence-electron chi connectivity index (χ0n) is 10.2. The summed E-state index contributed by atoms with van der Waals surface area (Å²) < 4.78 is 5.82. The molecule has 0 fully saturated rings. The van der Waals surface area contributed by atoms with Crippen LogP contribution in [0.25, 0.3) is 0 Å². The first-order valence-corrected chi connectivity index (χ1v) is 6.65. The van der Waals surface area contributed by atoms with Gasteiger partial charge in [0.1, 0.15) is 5.75 Å². The van der Waals surface area contributed by atoms with E-state index in [0.717, 1.165) is 5.56 Å². The van der Waals surface area contributed by atoms with Gasteiger partial charge in [0.25, 0.3) is 0 Å². The molecule has 2 aromatic rings. The molecular weight excluding hydrogens is 308 g/mol. The first-order chi connectivity index (χ1) is 9.16. The van der Waals surface area contributed by atoms with Gasteiger partial charge in [0.2, 0.25) is 0 Å². The third kappa shape index (κ3) is 3.83. The monoisotopic (exact) mass is 320 g/mol. The van der Waals surface area contributed by atoms with E-state index in [1.54, 1.807) is 36.4 Å². The number of hydrogen-bond donors (Lipinski definition) is 1. The van der Waals surface area contributed by atoms with Crippen molar-refractivity contribution in [3.8, 4) is 5.75 Å². The molecule has 3 nitrogen and oxygen atoms in total. The van der Waals surface area contributed by atoms with Crippen molar-refractivity contribution in [3.05, 3.63) is 64.1 Å². The van der Waals surface area contributed by atoms with Gasteiger partial charge in [-0.15, -0.1) is 0 Å². The fourth-order valence-electron chi connectivity index (χ4n) is 1.63. The molecule has 0 radical (unpaired) electrons. The molecule has 0 atom stereocenters. The Bertz CT molecular complexity index is 567. The Hall–Kier alpha value is -1.81.